The van der Waals surface area contributed by atoms with Gasteiger partial charge in [0, 0.05) is 18.8 Å². The number of rotatable bonds is 7. The second-order valence-corrected chi connectivity index (χ2v) is 4.44. The lowest BCUT2D eigenvalue weighted by atomic mass is 9.96. The third-order valence-corrected chi connectivity index (χ3v) is 2.97. The van der Waals surface area contributed by atoms with Gasteiger partial charge in [0.25, 0.3) is 0 Å². The molecular formula is C13H20O4. The van der Waals surface area contributed by atoms with Crippen molar-refractivity contribution in [3.05, 3.63) is 22.1 Å². The van der Waals surface area contributed by atoms with Gasteiger partial charge in [-0.2, -0.15) is 0 Å². The first-order chi connectivity index (χ1) is 8.04. The molecular weight excluding hydrogens is 220 g/mol. The fourth-order valence-electron chi connectivity index (χ4n) is 1.76. The number of ketones is 1. The van der Waals surface area contributed by atoms with Crippen molar-refractivity contribution in [3.8, 4) is 0 Å². The summed E-state index contributed by atoms with van der Waals surface area (Å²) in [6.45, 7) is 5.74. The van der Waals surface area contributed by atoms with Crippen molar-refractivity contribution in [1.29, 1.82) is 0 Å². The van der Waals surface area contributed by atoms with Gasteiger partial charge in [0.2, 0.25) is 0 Å². The number of aryl methyl sites for hydroxylation is 2. The maximum Gasteiger partial charge on any atom is 0.519 e. The van der Waals surface area contributed by atoms with E-state index in [4.69, 9.17) is 8.83 Å². The molecule has 4 heteroatoms. The molecule has 0 bridgehead atoms. The lowest BCUT2D eigenvalue weighted by molar-refractivity contribution is -0.122. The van der Waals surface area contributed by atoms with Gasteiger partial charge in [0.05, 0.1) is 0 Å². The van der Waals surface area contributed by atoms with E-state index in [0.717, 1.165) is 19.3 Å². The zero-order valence-corrected chi connectivity index (χ0v) is 10.7. The van der Waals surface area contributed by atoms with Gasteiger partial charge in [0.1, 0.15) is 17.3 Å². The summed E-state index contributed by atoms with van der Waals surface area (Å²) < 4.78 is 9.59. The van der Waals surface area contributed by atoms with Crippen molar-refractivity contribution >= 4 is 5.78 Å². The summed E-state index contributed by atoms with van der Waals surface area (Å²) in [5.41, 5.74) is 0. The number of hydrogen-bond donors (Lipinski definition) is 0. The molecule has 96 valence electrons. The highest BCUT2D eigenvalue weighted by atomic mass is 16.6. The first-order valence-electron chi connectivity index (χ1n) is 6.16. The molecule has 1 unspecified atom stereocenters. The first kappa shape index (κ1) is 13.7. The van der Waals surface area contributed by atoms with Gasteiger partial charge in [-0.15, -0.1) is 0 Å². The van der Waals surface area contributed by atoms with Crippen molar-refractivity contribution in [2.45, 2.75) is 52.9 Å². The van der Waals surface area contributed by atoms with Crippen LogP contribution < -0.4 is 5.82 Å². The summed E-state index contributed by atoms with van der Waals surface area (Å²) in [5, 5.41) is 0. The standard InChI is InChI=1S/C13H20O4/c1-4-5-6-9(2)11(14)7-8-12-10(3)16-13(15)17-12/h9H,4-8H2,1-3H3. The van der Waals surface area contributed by atoms with Gasteiger partial charge in [-0.05, 0) is 13.3 Å². The van der Waals surface area contributed by atoms with Gasteiger partial charge in [0.15, 0.2) is 0 Å². The van der Waals surface area contributed by atoms with Crippen molar-refractivity contribution in [2.75, 3.05) is 0 Å². The molecule has 0 spiro atoms. The van der Waals surface area contributed by atoms with E-state index in [1.54, 1.807) is 6.92 Å². The molecule has 0 aromatic carbocycles. The van der Waals surface area contributed by atoms with Crippen LogP contribution in [0.2, 0.25) is 0 Å². The number of hydrogen-bond acceptors (Lipinski definition) is 4. The van der Waals surface area contributed by atoms with E-state index in [1.807, 2.05) is 6.92 Å². The lowest BCUT2D eigenvalue weighted by Gasteiger charge is -2.08. The molecule has 1 aromatic heterocycles. The van der Waals surface area contributed by atoms with Gasteiger partial charge in [-0.1, -0.05) is 26.7 Å². The van der Waals surface area contributed by atoms with Gasteiger partial charge >= 0.3 is 5.82 Å². The van der Waals surface area contributed by atoms with Crippen LogP contribution >= 0.6 is 0 Å². The number of Topliss-reactive ketones (excluding diaryl/α,β-unsaturated/α-hetero) is 1. The van der Waals surface area contributed by atoms with E-state index in [0.29, 0.717) is 24.4 Å². The minimum atomic E-state index is -0.691. The Balaban J connectivity index is 2.42. The number of carbonyl (C=O) groups is 1. The fraction of sp³-hybridized carbons (Fsp3) is 0.692. The molecule has 4 nitrogen and oxygen atoms in total. The van der Waals surface area contributed by atoms with Crippen LogP contribution in [0.1, 0.15) is 51.1 Å². The first-order valence-corrected chi connectivity index (χ1v) is 6.16. The molecule has 0 aliphatic rings. The summed E-state index contributed by atoms with van der Waals surface area (Å²) >= 11 is 0. The molecule has 1 rings (SSSR count). The predicted molar refractivity (Wildman–Crippen MR) is 64.0 cm³/mol. The Labute approximate surface area is 101 Å². The summed E-state index contributed by atoms with van der Waals surface area (Å²) in [5.74, 6) is 0.592. The number of carbonyl (C=O) groups excluding carboxylic acids is 1. The second-order valence-electron chi connectivity index (χ2n) is 4.44. The smallest absolute Gasteiger partial charge is 0.396 e. The highest BCUT2D eigenvalue weighted by molar-refractivity contribution is 5.80. The van der Waals surface area contributed by atoms with E-state index < -0.39 is 5.82 Å². The van der Waals surface area contributed by atoms with Crippen LogP contribution in [-0.4, -0.2) is 5.78 Å². The highest BCUT2D eigenvalue weighted by Crippen LogP contribution is 2.14. The Morgan fingerprint density at radius 3 is 2.59 bits per heavy atom. The van der Waals surface area contributed by atoms with Crippen molar-refractivity contribution in [3.63, 3.8) is 0 Å². The highest BCUT2D eigenvalue weighted by Gasteiger charge is 2.15. The Hall–Kier alpha value is -1.32. The van der Waals surface area contributed by atoms with Gasteiger partial charge in [-0.25, -0.2) is 4.79 Å². The van der Waals surface area contributed by atoms with Crippen LogP contribution in [0.3, 0.4) is 0 Å². The SMILES string of the molecule is CCCCC(C)C(=O)CCc1oc(=O)oc1C. The van der Waals surface area contributed by atoms with Crippen LogP contribution in [-0.2, 0) is 11.2 Å². The minimum Gasteiger partial charge on any atom is -0.396 e. The molecule has 0 fully saturated rings. The van der Waals surface area contributed by atoms with Crippen LogP contribution in [0.4, 0.5) is 0 Å². The van der Waals surface area contributed by atoms with Gasteiger partial charge < -0.3 is 8.83 Å². The summed E-state index contributed by atoms with van der Waals surface area (Å²) in [7, 11) is 0. The normalized spacial score (nSPS) is 12.6. The maximum atomic E-state index is 11.8. The quantitative estimate of drug-likeness (QED) is 0.735. The molecule has 0 saturated carbocycles. The van der Waals surface area contributed by atoms with Crippen molar-refractivity contribution < 1.29 is 13.6 Å². The lowest BCUT2D eigenvalue weighted by Crippen LogP contribution is -2.11. The molecule has 0 amide bonds. The third-order valence-electron chi connectivity index (χ3n) is 2.97. The maximum absolute atomic E-state index is 11.8. The molecule has 0 saturated heterocycles. The molecule has 1 atom stereocenters. The van der Waals surface area contributed by atoms with Crippen molar-refractivity contribution in [2.24, 2.45) is 5.92 Å². The molecule has 1 heterocycles. The van der Waals surface area contributed by atoms with Crippen molar-refractivity contribution in [1.82, 2.24) is 0 Å². The van der Waals surface area contributed by atoms with E-state index in [2.05, 4.69) is 6.92 Å². The minimum absolute atomic E-state index is 0.0916. The Kier molecular flexibility index (Phi) is 5.19. The number of unbranched alkanes of at least 4 members (excludes halogenated alkanes) is 1. The molecule has 17 heavy (non-hydrogen) atoms. The van der Waals surface area contributed by atoms with Gasteiger partial charge in [-0.3, -0.25) is 4.79 Å². The van der Waals surface area contributed by atoms with E-state index in [-0.39, 0.29) is 11.7 Å². The molecule has 0 N–H and O–H groups in total. The predicted octanol–water partition coefficient (Wildman–Crippen LogP) is 2.87. The Morgan fingerprint density at radius 1 is 1.35 bits per heavy atom. The van der Waals surface area contributed by atoms with Crippen LogP contribution in [0.5, 0.6) is 0 Å². The average molecular weight is 240 g/mol. The Morgan fingerprint density at radius 2 is 2.06 bits per heavy atom. The van der Waals surface area contributed by atoms with E-state index in [1.165, 1.54) is 0 Å². The van der Waals surface area contributed by atoms with Crippen LogP contribution in [0, 0.1) is 12.8 Å². The molecule has 0 aliphatic carbocycles. The van der Waals surface area contributed by atoms with E-state index in [9.17, 15) is 9.59 Å². The monoisotopic (exact) mass is 240 g/mol. The Bertz CT molecular complexity index is 413. The fourth-order valence-corrected chi connectivity index (χ4v) is 1.76. The van der Waals surface area contributed by atoms with Crippen LogP contribution in [0.15, 0.2) is 13.6 Å². The van der Waals surface area contributed by atoms with Crippen LogP contribution in [0.25, 0.3) is 0 Å². The van der Waals surface area contributed by atoms with E-state index >= 15 is 0 Å². The second kappa shape index (κ2) is 6.42. The third kappa shape index (κ3) is 4.21. The largest absolute Gasteiger partial charge is 0.519 e. The summed E-state index contributed by atoms with van der Waals surface area (Å²) in [6, 6.07) is 0. The zero-order chi connectivity index (χ0) is 12.8. The molecule has 1 aromatic rings. The summed E-state index contributed by atoms with van der Waals surface area (Å²) in [4.78, 5) is 22.6. The summed E-state index contributed by atoms with van der Waals surface area (Å²) in [6.07, 6.45) is 3.98. The zero-order valence-electron chi connectivity index (χ0n) is 10.7. The topological polar surface area (TPSA) is 60.4 Å². The molecule has 0 radical (unpaired) electrons. The average Bonchev–Trinajstić information content (AvgIpc) is 2.61. The molecule has 0 aliphatic heterocycles.